The number of aromatic nitrogens is 2. The predicted molar refractivity (Wildman–Crippen MR) is 76.9 cm³/mol. The number of nitrogens with one attached hydrogen (secondary N) is 1. The minimum Gasteiger partial charge on any atom is -0.380 e. The standard InChI is InChI=1S/C13H20BrN3O/c1-3-17-13(18)12(14)11(8-15-17)16-10-6-4-5-9(2)7-10/h8-10,16H,3-7H2,1-2H3. The molecule has 2 unspecified atom stereocenters. The van der Waals surface area contributed by atoms with Crippen LogP contribution in [0.5, 0.6) is 0 Å². The van der Waals surface area contributed by atoms with Crippen LogP contribution in [-0.4, -0.2) is 15.8 Å². The fourth-order valence-corrected chi connectivity index (χ4v) is 3.00. The van der Waals surface area contributed by atoms with E-state index in [1.54, 1.807) is 6.20 Å². The fourth-order valence-electron chi connectivity index (χ4n) is 2.58. The molecular formula is C13H20BrN3O. The topological polar surface area (TPSA) is 46.9 Å². The van der Waals surface area contributed by atoms with Gasteiger partial charge in [-0.1, -0.05) is 19.8 Å². The lowest BCUT2D eigenvalue weighted by Gasteiger charge is -2.28. The van der Waals surface area contributed by atoms with E-state index >= 15 is 0 Å². The normalized spacial score (nSPS) is 23.9. The van der Waals surface area contributed by atoms with E-state index in [1.165, 1.54) is 30.4 Å². The van der Waals surface area contributed by atoms with E-state index in [2.05, 4.69) is 33.3 Å². The summed E-state index contributed by atoms with van der Waals surface area (Å²) in [6.45, 7) is 4.80. The second kappa shape index (κ2) is 5.87. The van der Waals surface area contributed by atoms with Crippen molar-refractivity contribution < 1.29 is 0 Å². The minimum atomic E-state index is -0.0636. The summed E-state index contributed by atoms with van der Waals surface area (Å²) in [5.41, 5.74) is 0.759. The van der Waals surface area contributed by atoms with Crippen LogP contribution in [0.25, 0.3) is 0 Å². The Labute approximate surface area is 116 Å². The van der Waals surface area contributed by atoms with Crippen molar-refractivity contribution in [3.63, 3.8) is 0 Å². The van der Waals surface area contributed by atoms with Crippen LogP contribution in [0, 0.1) is 5.92 Å². The third-order valence-electron chi connectivity index (χ3n) is 3.58. The molecule has 1 N–H and O–H groups in total. The molecule has 0 bridgehead atoms. The first kappa shape index (κ1) is 13.6. The van der Waals surface area contributed by atoms with Crippen molar-refractivity contribution >= 4 is 21.6 Å². The van der Waals surface area contributed by atoms with Gasteiger partial charge in [0.1, 0.15) is 4.47 Å². The Bertz CT molecular complexity index is 472. The lowest BCUT2D eigenvalue weighted by Crippen LogP contribution is -2.29. The number of hydrogen-bond donors (Lipinski definition) is 1. The van der Waals surface area contributed by atoms with Gasteiger partial charge in [-0.25, -0.2) is 4.68 Å². The first-order chi connectivity index (χ1) is 8.61. The summed E-state index contributed by atoms with van der Waals surface area (Å²) in [5, 5.41) is 7.60. The van der Waals surface area contributed by atoms with Crippen molar-refractivity contribution in [2.24, 2.45) is 5.92 Å². The smallest absolute Gasteiger partial charge is 0.283 e. The van der Waals surface area contributed by atoms with Gasteiger partial charge >= 0.3 is 0 Å². The molecule has 0 spiro atoms. The van der Waals surface area contributed by atoms with Crippen LogP contribution in [0.3, 0.4) is 0 Å². The number of rotatable bonds is 3. The molecule has 1 aromatic heterocycles. The highest BCUT2D eigenvalue weighted by Gasteiger charge is 2.20. The van der Waals surface area contributed by atoms with Crippen molar-refractivity contribution in [2.45, 2.75) is 52.1 Å². The molecule has 1 aliphatic carbocycles. The molecule has 2 atom stereocenters. The average Bonchev–Trinajstić information content (AvgIpc) is 2.35. The van der Waals surface area contributed by atoms with E-state index < -0.39 is 0 Å². The van der Waals surface area contributed by atoms with Gasteiger partial charge in [-0.3, -0.25) is 4.79 Å². The molecule has 0 aromatic carbocycles. The van der Waals surface area contributed by atoms with Crippen molar-refractivity contribution in [1.82, 2.24) is 9.78 Å². The Morgan fingerprint density at radius 2 is 2.33 bits per heavy atom. The number of nitrogens with zero attached hydrogens (tertiary/aromatic N) is 2. The summed E-state index contributed by atoms with van der Waals surface area (Å²) in [7, 11) is 0. The second-order valence-electron chi connectivity index (χ2n) is 5.11. The van der Waals surface area contributed by atoms with Gasteiger partial charge in [0, 0.05) is 12.6 Å². The number of halogens is 1. The zero-order chi connectivity index (χ0) is 13.1. The number of aryl methyl sites for hydroxylation is 1. The molecular weight excluding hydrogens is 294 g/mol. The summed E-state index contributed by atoms with van der Waals surface area (Å²) in [5.74, 6) is 0.763. The van der Waals surface area contributed by atoms with E-state index in [4.69, 9.17) is 0 Å². The van der Waals surface area contributed by atoms with Gasteiger partial charge in [0.05, 0.1) is 11.9 Å². The lowest BCUT2D eigenvalue weighted by molar-refractivity contribution is 0.358. The maximum absolute atomic E-state index is 11.9. The van der Waals surface area contributed by atoms with E-state index in [0.29, 0.717) is 17.1 Å². The second-order valence-corrected chi connectivity index (χ2v) is 5.90. The van der Waals surface area contributed by atoms with Crippen LogP contribution in [0.15, 0.2) is 15.5 Å². The first-order valence-electron chi connectivity index (χ1n) is 6.64. The van der Waals surface area contributed by atoms with E-state index in [-0.39, 0.29) is 5.56 Å². The molecule has 1 saturated carbocycles. The quantitative estimate of drug-likeness (QED) is 0.933. The maximum atomic E-state index is 11.9. The molecule has 4 nitrogen and oxygen atoms in total. The molecule has 1 aromatic rings. The average molecular weight is 314 g/mol. The Kier molecular flexibility index (Phi) is 4.43. The summed E-state index contributed by atoms with van der Waals surface area (Å²) in [6, 6.07) is 0.462. The van der Waals surface area contributed by atoms with Gasteiger partial charge in [-0.05, 0) is 41.6 Å². The summed E-state index contributed by atoms with van der Waals surface area (Å²) >= 11 is 3.38. The summed E-state index contributed by atoms with van der Waals surface area (Å²) in [4.78, 5) is 11.9. The summed E-state index contributed by atoms with van der Waals surface area (Å²) in [6.07, 6.45) is 6.66. The molecule has 1 fully saturated rings. The molecule has 100 valence electrons. The summed E-state index contributed by atoms with van der Waals surface area (Å²) < 4.78 is 2.05. The van der Waals surface area contributed by atoms with Crippen molar-refractivity contribution in [1.29, 1.82) is 0 Å². The van der Waals surface area contributed by atoms with Gasteiger partial charge in [-0.15, -0.1) is 0 Å². The fraction of sp³-hybridized carbons (Fsp3) is 0.692. The zero-order valence-corrected chi connectivity index (χ0v) is 12.5. The highest BCUT2D eigenvalue weighted by Crippen LogP contribution is 2.27. The zero-order valence-electron chi connectivity index (χ0n) is 10.9. The van der Waals surface area contributed by atoms with Crippen molar-refractivity contribution in [2.75, 3.05) is 5.32 Å². The molecule has 2 rings (SSSR count). The predicted octanol–water partition coefficient (Wildman–Crippen LogP) is 3.02. The van der Waals surface area contributed by atoms with Crippen LogP contribution in [0.4, 0.5) is 5.69 Å². The Hall–Kier alpha value is -0.840. The molecule has 0 aliphatic heterocycles. The van der Waals surface area contributed by atoms with E-state index in [0.717, 1.165) is 11.6 Å². The van der Waals surface area contributed by atoms with Crippen LogP contribution < -0.4 is 10.9 Å². The number of hydrogen-bond acceptors (Lipinski definition) is 3. The highest BCUT2D eigenvalue weighted by atomic mass is 79.9. The van der Waals surface area contributed by atoms with E-state index in [1.807, 2.05) is 6.92 Å². The van der Waals surface area contributed by atoms with Gasteiger partial charge in [-0.2, -0.15) is 5.10 Å². The number of anilines is 1. The maximum Gasteiger partial charge on any atom is 0.283 e. The third-order valence-corrected chi connectivity index (χ3v) is 4.35. The van der Waals surface area contributed by atoms with Gasteiger partial charge in [0.15, 0.2) is 0 Å². The molecule has 0 saturated heterocycles. The van der Waals surface area contributed by atoms with Crippen LogP contribution in [-0.2, 0) is 6.54 Å². The Morgan fingerprint density at radius 1 is 1.56 bits per heavy atom. The monoisotopic (exact) mass is 313 g/mol. The third kappa shape index (κ3) is 2.94. The Morgan fingerprint density at radius 3 is 3.00 bits per heavy atom. The van der Waals surface area contributed by atoms with Crippen molar-refractivity contribution in [3.8, 4) is 0 Å². The molecule has 0 radical (unpaired) electrons. The van der Waals surface area contributed by atoms with Crippen molar-refractivity contribution in [3.05, 3.63) is 21.0 Å². The Balaban J connectivity index is 2.14. The van der Waals surface area contributed by atoms with E-state index in [9.17, 15) is 4.79 Å². The van der Waals surface area contributed by atoms with Gasteiger partial charge < -0.3 is 5.32 Å². The molecule has 5 heteroatoms. The highest BCUT2D eigenvalue weighted by molar-refractivity contribution is 9.10. The largest absolute Gasteiger partial charge is 0.380 e. The van der Waals surface area contributed by atoms with Crippen LogP contribution in [0.1, 0.15) is 39.5 Å². The SMILES string of the molecule is CCn1ncc(NC2CCCC(C)C2)c(Br)c1=O. The minimum absolute atomic E-state index is 0.0636. The van der Waals surface area contributed by atoms with Gasteiger partial charge in [0.25, 0.3) is 5.56 Å². The van der Waals surface area contributed by atoms with Crippen LogP contribution >= 0.6 is 15.9 Å². The molecule has 18 heavy (non-hydrogen) atoms. The van der Waals surface area contributed by atoms with Gasteiger partial charge in [0.2, 0.25) is 0 Å². The van der Waals surface area contributed by atoms with Crippen LogP contribution in [0.2, 0.25) is 0 Å². The lowest BCUT2D eigenvalue weighted by atomic mass is 9.87. The molecule has 1 aliphatic rings. The molecule has 0 amide bonds. The first-order valence-corrected chi connectivity index (χ1v) is 7.43. The molecule has 1 heterocycles.